The van der Waals surface area contributed by atoms with Gasteiger partial charge in [0.1, 0.15) is 5.69 Å². The van der Waals surface area contributed by atoms with Crippen LogP contribution in [-0.2, 0) is 12.6 Å². The number of aromatic nitrogens is 3. The summed E-state index contributed by atoms with van der Waals surface area (Å²) < 4.78 is 38.3. The average molecular weight is 389 g/mol. The van der Waals surface area contributed by atoms with Crippen molar-refractivity contribution in [2.45, 2.75) is 19.0 Å². The Bertz CT molecular complexity index is 1060. The molecule has 2 N–H and O–H groups in total. The van der Waals surface area contributed by atoms with Crippen LogP contribution in [0.15, 0.2) is 53.5 Å². The predicted molar refractivity (Wildman–Crippen MR) is 93.8 cm³/mol. The topological polar surface area (TPSA) is 95.9 Å². The van der Waals surface area contributed by atoms with Gasteiger partial charge in [-0.2, -0.15) is 13.2 Å². The molecule has 0 aliphatic carbocycles. The molecule has 0 bridgehead atoms. The van der Waals surface area contributed by atoms with Gasteiger partial charge in [0.25, 0.3) is 5.56 Å². The first-order valence-corrected chi connectivity index (χ1v) is 8.19. The number of nitrogens with one attached hydrogen (secondary N) is 1. The van der Waals surface area contributed by atoms with Crippen molar-refractivity contribution >= 4 is 5.78 Å². The Kier molecular flexibility index (Phi) is 5.25. The molecule has 0 aliphatic rings. The lowest BCUT2D eigenvalue weighted by Crippen LogP contribution is -2.16. The van der Waals surface area contributed by atoms with E-state index >= 15 is 0 Å². The minimum Gasteiger partial charge on any atom is -0.501 e. The third-order valence-electron chi connectivity index (χ3n) is 3.96. The zero-order valence-electron chi connectivity index (χ0n) is 14.3. The molecule has 0 amide bonds. The normalized spacial score (nSPS) is 11.4. The second-order valence-electron chi connectivity index (χ2n) is 5.95. The van der Waals surface area contributed by atoms with E-state index in [0.717, 1.165) is 12.1 Å². The number of halogens is 3. The fourth-order valence-electron chi connectivity index (χ4n) is 2.56. The molecule has 0 saturated carbocycles. The van der Waals surface area contributed by atoms with Crippen LogP contribution < -0.4 is 5.56 Å². The number of benzene rings is 1. The molecule has 0 spiro atoms. The molecule has 0 atom stereocenters. The number of pyridine rings is 1. The molecule has 3 aromatic rings. The molecule has 0 fully saturated rings. The van der Waals surface area contributed by atoms with Gasteiger partial charge in [-0.15, -0.1) is 0 Å². The number of aromatic hydroxyl groups is 1. The molecule has 2 aromatic heterocycles. The third kappa shape index (κ3) is 4.25. The van der Waals surface area contributed by atoms with Crippen molar-refractivity contribution in [2.24, 2.45) is 0 Å². The summed E-state index contributed by atoms with van der Waals surface area (Å²) in [4.78, 5) is 34.7. The summed E-state index contributed by atoms with van der Waals surface area (Å²) in [5.74, 6) is -1.50. The van der Waals surface area contributed by atoms with Gasteiger partial charge in [-0.25, -0.2) is 4.98 Å². The van der Waals surface area contributed by atoms with Crippen molar-refractivity contribution in [2.75, 3.05) is 0 Å². The monoisotopic (exact) mass is 389 g/mol. The second kappa shape index (κ2) is 7.63. The molecule has 1 aromatic carbocycles. The fourth-order valence-corrected chi connectivity index (χ4v) is 2.56. The number of rotatable bonds is 5. The number of nitrogens with zero attached hydrogens (tertiary/aromatic N) is 2. The molecule has 0 saturated heterocycles. The Balaban J connectivity index is 1.83. The smallest absolute Gasteiger partial charge is 0.416 e. The minimum absolute atomic E-state index is 0.00437. The third-order valence-corrected chi connectivity index (χ3v) is 3.96. The number of Topliss-reactive ketones (excluding diaryl/α,β-unsaturated/α-hetero) is 1. The number of carbonyl (C=O) groups excluding carboxylic acids is 1. The molecule has 9 heteroatoms. The summed E-state index contributed by atoms with van der Waals surface area (Å²) in [6, 6.07) is 9.49. The number of ketones is 1. The van der Waals surface area contributed by atoms with Crippen LogP contribution in [-0.4, -0.2) is 25.8 Å². The lowest BCUT2D eigenvalue weighted by Gasteiger charge is -2.09. The van der Waals surface area contributed by atoms with Crippen LogP contribution in [0, 0.1) is 0 Å². The highest BCUT2D eigenvalue weighted by atomic mass is 19.4. The summed E-state index contributed by atoms with van der Waals surface area (Å²) in [7, 11) is 0. The molecule has 0 aliphatic heterocycles. The zero-order valence-corrected chi connectivity index (χ0v) is 14.3. The van der Waals surface area contributed by atoms with Gasteiger partial charge in [-0.05, 0) is 30.2 Å². The quantitative estimate of drug-likeness (QED) is 0.653. The predicted octanol–water partition coefficient (Wildman–Crippen LogP) is 3.37. The van der Waals surface area contributed by atoms with E-state index in [-0.39, 0.29) is 18.7 Å². The van der Waals surface area contributed by atoms with E-state index < -0.39 is 34.5 Å². The van der Waals surface area contributed by atoms with E-state index in [1.807, 2.05) is 0 Å². The van der Waals surface area contributed by atoms with Crippen LogP contribution in [0.2, 0.25) is 0 Å². The lowest BCUT2D eigenvalue weighted by atomic mass is 10.0. The average Bonchev–Trinajstić information content (AvgIpc) is 2.68. The number of hydrogen-bond acceptors (Lipinski definition) is 5. The number of H-pyrrole nitrogens is 1. The van der Waals surface area contributed by atoms with E-state index in [2.05, 4.69) is 15.0 Å². The summed E-state index contributed by atoms with van der Waals surface area (Å²) in [6.07, 6.45) is -3.25. The highest BCUT2D eigenvalue weighted by Crippen LogP contribution is 2.29. The van der Waals surface area contributed by atoms with Crippen molar-refractivity contribution in [1.29, 1.82) is 0 Å². The summed E-state index contributed by atoms with van der Waals surface area (Å²) in [5.41, 5.74) is -1.56. The molecule has 3 rings (SSSR count). The van der Waals surface area contributed by atoms with Crippen molar-refractivity contribution in [3.05, 3.63) is 75.8 Å². The van der Waals surface area contributed by atoms with E-state index in [0.29, 0.717) is 11.3 Å². The molecule has 6 nitrogen and oxygen atoms in total. The van der Waals surface area contributed by atoms with Gasteiger partial charge >= 0.3 is 6.18 Å². The number of aryl methyl sites for hydroxylation is 1. The molecular weight excluding hydrogens is 375 g/mol. The summed E-state index contributed by atoms with van der Waals surface area (Å²) >= 11 is 0. The summed E-state index contributed by atoms with van der Waals surface area (Å²) in [6.45, 7) is 0. The SMILES string of the molecule is O=C(CCc1cccc(C(F)(F)F)c1)c1nc(-c2ccccn2)[nH]c(=O)c1O. The van der Waals surface area contributed by atoms with Crippen molar-refractivity contribution in [3.8, 4) is 17.3 Å². The Labute approximate surface area is 156 Å². The van der Waals surface area contributed by atoms with Gasteiger partial charge < -0.3 is 10.1 Å². The second-order valence-corrected chi connectivity index (χ2v) is 5.95. The Morgan fingerprint density at radius 3 is 2.61 bits per heavy atom. The largest absolute Gasteiger partial charge is 0.501 e. The first kappa shape index (κ1) is 19.3. The number of carbonyl (C=O) groups is 1. The van der Waals surface area contributed by atoms with E-state index in [4.69, 9.17) is 0 Å². The first-order valence-electron chi connectivity index (χ1n) is 8.19. The van der Waals surface area contributed by atoms with Gasteiger partial charge in [-0.1, -0.05) is 24.3 Å². The van der Waals surface area contributed by atoms with Crippen molar-refractivity contribution < 1.29 is 23.1 Å². The van der Waals surface area contributed by atoms with Gasteiger partial charge in [0.15, 0.2) is 17.3 Å². The number of aromatic amines is 1. The number of hydrogen-bond donors (Lipinski definition) is 2. The molecule has 28 heavy (non-hydrogen) atoms. The maximum atomic E-state index is 12.8. The van der Waals surface area contributed by atoms with Crippen LogP contribution in [0.3, 0.4) is 0 Å². The van der Waals surface area contributed by atoms with Crippen molar-refractivity contribution in [3.63, 3.8) is 0 Å². The standard InChI is InChI=1S/C19H14F3N3O3/c20-19(21,22)12-5-3-4-11(10-12)7-8-14(26)15-16(27)18(28)25-17(24-15)13-6-1-2-9-23-13/h1-6,9-10,27H,7-8H2,(H,24,25,28). The van der Waals surface area contributed by atoms with Crippen LogP contribution in [0.4, 0.5) is 13.2 Å². The highest BCUT2D eigenvalue weighted by Gasteiger charge is 2.30. The molecule has 0 radical (unpaired) electrons. The molecule has 2 heterocycles. The molecule has 0 unspecified atom stereocenters. The van der Waals surface area contributed by atoms with Crippen LogP contribution in [0.1, 0.15) is 28.0 Å². The van der Waals surface area contributed by atoms with Crippen LogP contribution >= 0.6 is 0 Å². The van der Waals surface area contributed by atoms with Gasteiger partial charge in [0.2, 0.25) is 5.75 Å². The first-order chi connectivity index (χ1) is 13.3. The van der Waals surface area contributed by atoms with E-state index in [9.17, 15) is 27.9 Å². The fraction of sp³-hybridized carbons (Fsp3) is 0.158. The van der Waals surface area contributed by atoms with Crippen LogP contribution in [0.25, 0.3) is 11.5 Å². The zero-order chi connectivity index (χ0) is 20.3. The minimum atomic E-state index is -4.48. The van der Waals surface area contributed by atoms with Crippen molar-refractivity contribution in [1.82, 2.24) is 15.0 Å². The van der Waals surface area contributed by atoms with E-state index in [1.165, 1.54) is 18.3 Å². The lowest BCUT2D eigenvalue weighted by molar-refractivity contribution is -0.137. The maximum absolute atomic E-state index is 12.8. The maximum Gasteiger partial charge on any atom is 0.416 e. The highest BCUT2D eigenvalue weighted by molar-refractivity contribution is 5.97. The number of alkyl halides is 3. The Morgan fingerprint density at radius 2 is 1.93 bits per heavy atom. The van der Waals surface area contributed by atoms with Crippen LogP contribution in [0.5, 0.6) is 5.75 Å². The van der Waals surface area contributed by atoms with E-state index in [1.54, 1.807) is 18.2 Å². The Hall–Kier alpha value is -3.49. The van der Waals surface area contributed by atoms with Gasteiger partial charge in [0.05, 0.1) is 5.56 Å². The Morgan fingerprint density at radius 1 is 1.14 bits per heavy atom. The molecule has 144 valence electrons. The molecular formula is C19H14F3N3O3. The van der Waals surface area contributed by atoms with Gasteiger partial charge in [-0.3, -0.25) is 14.6 Å². The summed E-state index contributed by atoms with van der Waals surface area (Å²) in [5, 5.41) is 9.89. The van der Waals surface area contributed by atoms with Gasteiger partial charge in [0, 0.05) is 12.6 Å².